The van der Waals surface area contributed by atoms with E-state index in [0.717, 1.165) is 25.1 Å². The maximum Gasteiger partial charge on any atom is 0.433 e. The molecule has 0 saturated heterocycles. The van der Waals surface area contributed by atoms with Gasteiger partial charge >= 0.3 is 6.18 Å². The molecular weight excluding hydrogens is 471 g/mol. The van der Waals surface area contributed by atoms with Crippen LogP contribution >= 0.6 is 0 Å². The van der Waals surface area contributed by atoms with Crippen molar-refractivity contribution in [3.63, 3.8) is 0 Å². The van der Waals surface area contributed by atoms with E-state index >= 15 is 0 Å². The Bertz CT molecular complexity index is 1520. The molecule has 0 spiro atoms. The zero-order valence-corrected chi connectivity index (χ0v) is 19.4. The molecule has 13 heteroatoms. The molecule has 5 rings (SSSR count). The Morgan fingerprint density at radius 1 is 1.26 bits per heavy atom. The highest BCUT2D eigenvalue weighted by Gasteiger charge is 2.34. The van der Waals surface area contributed by atoms with E-state index < -0.39 is 21.7 Å². The summed E-state index contributed by atoms with van der Waals surface area (Å²) in [6.45, 7) is 3.55. The lowest BCUT2D eigenvalue weighted by Gasteiger charge is -2.14. The van der Waals surface area contributed by atoms with E-state index in [1.165, 1.54) is 22.2 Å². The molecule has 1 N–H and O–H groups in total. The highest BCUT2D eigenvalue weighted by atomic mass is 32.2. The second-order valence-corrected chi connectivity index (χ2v) is 10.7. The number of halogens is 3. The number of pyridine rings is 1. The van der Waals surface area contributed by atoms with Crippen molar-refractivity contribution in [2.45, 2.75) is 43.9 Å². The second-order valence-electron chi connectivity index (χ2n) is 8.47. The summed E-state index contributed by atoms with van der Waals surface area (Å²) in [7, 11) is -2.24. The van der Waals surface area contributed by atoms with Gasteiger partial charge in [0, 0.05) is 19.3 Å². The Morgan fingerprint density at radius 3 is 2.65 bits per heavy atom. The van der Waals surface area contributed by atoms with Gasteiger partial charge in [0.05, 0.1) is 23.0 Å². The summed E-state index contributed by atoms with van der Waals surface area (Å²) in [5.74, 6) is 1.03. The molecule has 0 amide bonds. The third kappa shape index (κ3) is 3.67. The van der Waals surface area contributed by atoms with E-state index in [1.54, 1.807) is 13.1 Å². The number of alkyl halides is 3. The van der Waals surface area contributed by atoms with Crippen molar-refractivity contribution < 1.29 is 21.6 Å². The number of hydrogen-bond acceptors (Lipinski definition) is 7. The van der Waals surface area contributed by atoms with Gasteiger partial charge in [0.2, 0.25) is 0 Å². The number of anilines is 1. The van der Waals surface area contributed by atoms with Gasteiger partial charge in [0.25, 0.3) is 0 Å². The molecule has 0 aromatic carbocycles. The molecule has 34 heavy (non-hydrogen) atoms. The molecule has 1 aliphatic carbocycles. The molecule has 4 heterocycles. The topological polar surface area (TPSA) is 107 Å². The molecule has 180 valence electrons. The van der Waals surface area contributed by atoms with Crippen LogP contribution in [0.1, 0.15) is 32.4 Å². The van der Waals surface area contributed by atoms with E-state index in [9.17, 15) is 21.6 Å². The van der Waals surface area contributed by atoms with Crippen molar-refractivity contribution >= 4 is 32.3 Å². The van der Waals surface area contributed by atoms with Crippen LogP contribution in [-0.2, 0) is 23.1 Å². The van der Waals surface area contributed by atoms with Crippen molar-refractivity contribution in [1.29, 1.82) is 0 Å². The van der Waals surface area contributed by atoms with Gasteiger partial charge in [-0.1, -0.05) is 6.92 Å². The van der Waals surface area contributed by atoms with E-state index in [-0.39, 0.29) is 39.4 Å². The van der Waals surface area contributed by atoms with Crippen LogP contribution in [0.5, 0.6) is 0 Å². The molecule has 1 aliphatic rings. The van der Waals surface area contributed by atoms with Crippen LogP contribution in [0.2, 0.25) is 0 Å². The fourth-order valence-electron chi connectivity index (χ4n) is 4.00. The van der Waals surface area contributed by atoms with Crippen molar-refractivity contribution in [2.24, 2.45) is 13.0 Å². The molecule has 1 unspecified atom stereocenters. The lowest BCUT2D eigenvalue weighted by molar-refractivity contribution is -0.141. The Morgan fingerprint density at radius 2 is 2.00 bits per heavy atom. The molecule has 1 atom stereocenters. The fraction of sp³-hybridized carbons (Fsp3) is 0.429. The van der Waals surface area contributed by atoms with E-state index in [4.69, 9.17) is 0 Å². The van der Waals surface area contributed by atoms with Crippen molar-refractivity contribution in [2.75, 3.05) is 11.1 Å². The number of nitrogens with zero attached hydrogens (tertiary/aromatic N) is 6. The monoisotopic (exact) mass is 493 g/mol. The van der Waals surface area contributed by atoms with Crippen molar-refractivity contribution in [3.05, 3.63) is 30.2 Å². The van der Waals surface area contributed by atoms with Crippen LogP contribution in [0.15, 0.2) is 29.6 Å². The highest BCUT2D eigenvalue weighted by molar-refractivity contribution is 7.91. The summed E-state index contributed by atoms with van der Waals surface area (Å²) in [6.07, 6.45) is 0.224. The van der Waals surface area contributed by atoms with Crippen LogP contribution in [0, 0.1) is 5.92 Å². The lowest BCUT2D eigenvalue weighted by atomic mass is 10.2. The number of nitrogens with one attached hydrogen (secondary N) is 1. The van der Waals surface area contributed by atoms with Crippen LogP contribution in [-0.4, -0.2) is 49.3 Å². The van der Waals surface area contributed by atoms with Gasteiger partial charge < -0.3 is 9.88 Å². The number of aryl methyl sites for hydroxylation is 1. The summed E-state index contributed by atoms with van der Waals surface area (Å²) in [5, 5.41) is 7.54. The van der Waals surface area contributed by atoms with E-state index in [0.29, 0.717) is 17.3 Å². The lowest BCUT2D eigenvalue weighted by Crippen LogP contribution is -2.19. The zero-order chi connectivity index (χ0) is 24.4. The molecule has 1 saturated carbocycles. The van der Waals surface area contributed by atoms with Crippen molar-refractivity contribution in [1.82, 2.24) is 29.1 Å². The van der Waals surface area contributed by atoms with Gasteiger partial charge in [-0.15, -0.1) is 0 Å². The number of imidazole rings is 1. The minimum atomic E-state index is -4.63. The van der Waals surface area contributed by atoms with Gasteiger partial charge in [-0.25, -0.2) is 23.4 Å². The molecule has 0 aliphatic heterocycles. The Labute approximate surface area is 193 Å². The molecule has 0 radical (unpaired) electrons. The minimum absolute atomic E-state index is 0.0376. The van der Waals surface area contributed by atoms with E-state index in [2.05, 4.69) is 32.3 Å². The van der Waals surface area contributed by atoms with Crippen molar-refractivity contribution in [3.8, 4) is 11.4 Å². The first-order chi connectivity index (χ1) is 16.0. The third-order valence-electron chi connectivity index (χ3n) is 6.15. The SMILES string of the molecule is CCS(=O)(=O)c1nn2c(NC(C)C3CC3)ccnc2c1-c1nc2cc(C(F)(F)F)ncc2n1C. The highest BCUT2D eigenvalue weighted by Crippen LogP contribution is 2.37. The van der Waals surface area contributed by atoms with Gasteiger partial charge in [0.1, 0.15) is 22.9 Å². The van der Waals surface area contributed by atoms with Gasteiger partial charge in [-0.2, -0.15) is 22.8 Å². The predicted molar refractivity (Wildman–Crippen MR) is 119 cm³/mol. The third-order valence-corrected chi connectivity index (χ3v) is 7.78. The van der Waals surface area contributed by atoms with Crippen LogP contribution in [0.4, 0.5) is 19.0 Å². The average molecular weight is 494 g/mol. The quantitative estimate of drug-likeness (QED) is 0.436. The van der Waals surface area contributed by atoms with Gasteiger partial charge in [0.15, 0.2) is 20.5 Å². The maximum atomic E-state index is 13.2. The first kappa shape index (κ1) is 22.6. The smallest absolute Gasteiger partial charge is 0.367 e. The summed E-state index contributed by atoms with van der Waals surface area (Å²) in [4.78, 5) is 12.2. The average Bonchev–Trinajstić information content (AvgIpc) is 3.49. The first-order valence-corrected chi connectivity index (χ1v) is 12.4. The summed E-state index contributed by atoms with van der Waals surface area (Å²) in [5.41, 5.74) is -0.349. The zero-order valence-electron chi connectivity index (χ0n) is 18.6. The molecule has 1 fully saturated rings. The summed E-state index contributed by atoms with van der Waals surface area (Å²) < 4.78 is 68.5. The largest absolute Gasteiger partial charge is 0.433 e. The van der Waals surface area contributed by atoms with Crippen LogP contribution in [0.25, 0.3) is 28.1 Å². The molecule has 4 aromatic rings. The minimum Gasteiger partial charge on any atom is -0.367 e. The summed E-state index contributed by atoms with van der Waals surface area (Å²) >= 11 is 0. The Kier molecular flexibility index (Phi) is 5.08. The van der Waals surface area contributed by atoms with Gasteiger partial charge in [-0.05, 0) is 37.8 Å². The molecule has 9 nitrogen and oxygen atoms in total. The second kappa shape index (κ2) is 7.65. The normalized spacial score (nSPS) is 15.8. The van der Waals surface area contributed by atoms with E-state index in [1.807, 2.05) is 0 Å². The molecule has 0 bridgehead atoms. The molecule has 4 aromatic heterocycles. The first-order valence-electron chi connectivity index (χ1n) is 10.8. The molecular formula is C21H22F3N7O2S. The van der Waals surface area contributed by atoms with Crippen LogP contribution < -0.4 is 5.32 Å². The maximum absolute atomic E-state index is 13.2. The van der Waals surface area contributed by atoms with Crippen LogP contribution in [0.3, 0.4) is 0 Å². The standard InChI is InChI=1S/C21H22F3N7O2S/c1-4-34(32,33)20-17(18-25-8-7-16(31(18)29-20)27-11(2)12-5-6-12)19-28-13-9-15(21(22,23)24)26-10-14(13)30(19)3/h7-12,27H,4-6H2,1-3H3. The fourth-order valence-corrected chi connectivity index (χ4v) is 4.97. The Balaban J connectivity index is 1.76. The number of aromatic nitrogens is 6. The number of hydrogen-bond donors (Lipinski definition) is 1. The Hall–Kier alpha value is -3.22. The number of sulfone groups is 1. The number of rotatable bonds is 6. The predicted octanol–water partition coefficient (Wildman–Crippen LogP) is 3.70. The number of fused-ring (bicyclic) bond motifs is 2. The van der Waals surface area contributed by atoms with Gasteiger partial charge in [-0.3, -0.25) is 0 Å². The summed E-state index contributed by atoms with van der Waals surface area (Å²) in [6, 6.07) is 2.71.